The lowest BCUT2D eigenvalue weighted by Gasteiger charge is -2.29. The van der Waals surface area contributed by atoms with Gasteiger partial charge in [0.05, 0.1) is 6.61 Å². The van der Waals surface area contributed by atoms with Crippen LogP contribution >= 0.6 is 0 Å². The second kappa shape index (κ2) is 10.4. The van der Waals surface area contributed by atoms with Gasteiger partial charge >= 0.3 is 5.97 Å². The Kier molecular flexibility index (Phi) is 7.62. The van der Waals surface area contributed by atoms with Crippen LogP contribution in [0, 0.1) is 0 Å². The van der Waals surface area contributed by atoms with E-state index >= 15 is 0 Å². The quantitative estimate of drug-likeness (QED) is 0.634. The molecular weight excluding hydrogens is 362 g/mol. The van der Waals surface area contributed by atoms with Gasteiger partial charge in [-0.25, -0.2) is 0 Å². The topological polar surface area (TPSA) is 49.8 Å². The van der Waals surface area contributed by atoms with E-state index in [1.165, 1.54) is 27.8 Å². The van der Waals surface area contributed by atoms with Crippen LogP contribution in [0.3, 0.4) is 0 Å². The van der Waals surface area contributed by atoms with E-state index in [2.05, 4.69) is 68.5 Å². The third-order valence-corrected chi connectivity index (χ3v) is 5.43. The molecule has 0 spiro atoms. The van der Waals surface area contributed by atoms with Crippen LogP contribution in [0.1, 0.15) is 60.4 Å². The van der Waals surface area contributed by atoms with Gasteiger partial charge in [0.2, 0.25) is 0 Å². The van der Waals surface area contributed by atoms with E-state index in [0.29, 0.717) is 18.9 Å². The average molecular weight is 394 g/mol. The van der Waals surface area contributed by atoms with Crippen LogP contribution in [-0.2, 0) is 29.0 Å². The number of carboxylic acids is 1. The van der Waals surface area contributed by atoms with Crippen molar-refractivity contribution in [3.05, 3.63) is 76.4 Å². The minimum absolute atomic E-state index is 0.228. The molecule has 0 bridgehead atoms. The Morgan fingerprint density at radius 3 is 2.72 bits per heavy atom. The van der Waals surface area contributed by atoms with Crippen LogP contribution in [-0.4, -0.2) is 29.3 Å². The van der Waals surface area contributed by atoms with Gasteiger partial charge in [0.1, 0.15) is 0 Å². The molecule has 0 saturated heterocycles. The van der Waals surface area contributed by atoms with Gasteiger partial charge < -0.3 is 5.11 Å². The molecule has 4 nitrogen and oxygen atoms in total. The predicted molar refractivity (Wildman–Crippen MR) is 117 cm³/mol. The van der Waals surface area contributed by atoms with E-state index in [9.17, 15) is 4.79 Å². The number of aliphatic carboxylic acids is 1. The summed E-state index contributed by atoms with van der Waals surface area (Å²) in [7, 11) is 0. The lowest BCUT2D eigenvalue weighted by atomic mass is 9.92. The smallest absolute Gasteiger partial charge is 0.303 e. The van der Waals surface area contributed by atoms with Gasteiger partial charge in [-0.2, -0.15) is 5.06 Å². The molecule has 2 aromatic rings. The highest BCUT2D eigenvalue weighted by Gasteiger charge is 2.18. The molecule has 1 aliphatic rings. The Morgan fingerprint density at radius 2 is 2.00 bits per heavy atom. The van der Waals surface area contributed by atoms with Crippen molar-refractivity contribution in [3.63, 3.8) is 0 Å². The minimum Gasteiger partial charge on any atom is -0.481 e. The normalized spacial score (nSPS) is 14.4. The minimum atomic E-state index is -0.724. The molecule has 1 aliphatic heterocycles. The summed E-state index contributed by atoms with van der Waals surface area (Å²) in [6.07, 6.45) is 6.85. The number of carboxylic acid groups (broad SMARTS) is 1. The van der Waals surface area contributed by atoms with E-state index in [1.807, 2.05) is 5.06 Å². The van der Waals surface area contributed by atoms with Gasteiger partial charge in [-0.05, 0) is 53.0 Å². The zero-order chi connectivity index (χ0) is 20.6. The van der Waals surface area contributed by atoms with Crippen LogP contribution in [0.2, 0.25) is 0 Å². The first-order valence-electron chi connectivity index (χ1n) is 10.5. The number of benzene rings is 2. The zero-order valence-electron chi connectivity index (χ0n) is 17.4. The zero-order valence-corrected chi connectivity index (χ0v) is 17.4. The van der Waals surface area contributed by atoms with Gasteiger partial charge in [0, 0.05) is 19.5 Å². The average Bonchev–Trinajstić information content (AvgIpc) is 2.71. The molecule has 0 amide bonds. The summed E-state index contributed by atoms with van der Waals surface area (Å²) in [4.78, 5) is 16.7. The van der Waals surface area contributed by atoms with Crippen molar-refractivity contribution in [1.29, 1.82) is 0 Å². The fourth-order valence-corrected chi connectivity index (χ4v) is 3.76. The molecule has 0 aromatic heterocycles. The first kappa shape index (κ1) is 21.3. The van der Waals surface area contributed by atoms with Gasteiger partial charge in [0.15, 0.2) is 0 Å². The summed E-state index contributed by atoms with van der Waals surface area (Å²) in [6, 6.07) is 15.0. The maximum atomic E-state index is 10.8. The summed E-state index contributed by atoms with van der Waals surface area (Å²) in [5.74, 6) is -0.172. The van der Waals surface area contributed by atoms with Crippen molar-refractivity contribution >= 4 is 12.0 Å². The molecule has 0 atom stereocenters. The summed E-state index contributed by atoms with van der Waals surface area (Å²) in [5, 5.41) is 10.9. The molecule has 3 rings (SSSR count). The fraction of sp³-hybridized carbons (Fsp3) is 0.400. The molecular formula is C25H31NO3. The van der Waals surface area contributed by atoms with Gasteiger partial charge in [0.25, 0.3) is 0 Å². The molecule has 154 valence electrons. The second-order valence-electron chi connectivity index (χ2n) is 7.94. The van der Waals surface area contributed by atoms with Crippen LogP contribution in [0.4, 0.5) is 0 Å². The standard InChI is InChI=1S/C25H31NO3/c1-19(2)21-13-11-20(12-14-21)6-5-17-29-26-16-15-24-22(8-4-10-25(27)28)7-3-9-23(24)18-26/h3,5-7,9,11-14,19H,4,8,10,15-18H2,1-2H3,(H,27,28)/b6-5+. The van der Waals surface area contributed by atoms with Crippen molar-refractivity contribution in [2.45, 2.75) is 52.0 Å². The first-order chi connectivity index (χ1) is 14.0. The number of aryl methyl sites for hydroxylation is 1. The van der Waals surface area contributed by atoms with Crippen molar-refractivity contribution in [3.8, 4) is 0 Å². The molecule has 0 saturated carbocycles. The van der Waals surface area contributed by atoms with E-state index < -0.39 is 5.97 Å². The highest BCUT2D eigenvalue weighted by Crippen LogP contribution is 2.24. The fourth-order valence-electron chi connectivity index (χ4n) is 3.76. The number of fused-ring (bicyclic) bond motifs is 1. The second-order valence-corrected chi connectivity index (χ2v) is 7.94. The number of nitrogens with zero attached hydrogens (tertiary/aromatic N) is 1. The van der Waals surface area contributed by atoms with Gasteiger partial charge in [-0.3, -0.25) is 9.63 Å². The van der Waals surface area contributed by atoms with E-state index in [4.69, 9.17) is 9.94 Å². The molecule has 29 heavy (non-hydrogen) atoms. The summed E-state index contributed by atoms with van der Waals surface area (Å²) >= 11 is 0. The van der Waals surface area contributed by atoms with Crippen LogP contribution in [0.15, 0.2) is 48.5 Å². The summed E-state index contributed by atoms with van der Waals surface area (Å²) in [5.41, 5.74) is 6.49. The SMILES string of the molecule is CC(C)c1ccc(/C=C/CON2CCc3c(CCCC(=O)O)cccc3C2)cc1. The molecule has 0 unspecified atom stereocenters. The van der Waals surface area contributed by atoms with Gasteiger partial charge in [-0.15, -0.1) is 0 Å². The third kappa shape index (κ3) is 6.28. The van der Waals surface area contributed by atoms with E-state index in [1.54, 1.807) is 0 Å². The van der Waals surface area contributed by atoms with Gasteiger partial charge in [-0.1, -0.05) is 68.5 Å². The Labute approximate surface area is 173 Å². The number of hydrogen-bond donors (Lipinski definition) is 1. The maximum absolute atomic E-state index is 10.8. The molecule has 1 N–H and O–H groups in total. The van der Waals surface area contributed by atoms with Crippen molar-refractivity contribution in [1.82, 2.24) is 5.06 Å². The monoisotopic (exact) mass is 393 g/mol. The third-order valence-electron chi connectivity index (χ3n) is 5.43. The van der Waals surface area contributed by atoms with Crippen LogP contribution in [0.25, 0.3) is 6.08 Å². The molecule has 0 radical (unpaired) electrons. The molecule has 2 aromatic carbocycles. The highest BCUT2D eigenvalue weighted by atomic mass is 16.7. The lowest BCUT2D eigenvalue weighted by Crippen LogP contribution is -2.31. The Hall–Kier alpha value is -2.43. The highest BCUT2D eigenvalue weighted by molar-refractivity contribution is 5.66. The maximum Gasteiger partial charge on any atom is 0.303 e. The Bertz CT molecular complexity index is 840. The molecule has 0 aliphatic carbocycles. The number of hydrogen-bond acceptors (Lipinski definition) is 3. The number of rotatable bonds is 9. The number of hydroxylamine groups is 2. The summed E-state index contributed by atoms with van der Waals surface area (Å²) < 4.78 is 0. The molecule has 4 heteroatoms. The van der Waals surface area contributed by atoms with E-state index in [-0.39, 0.29) is 6.42 Å². The Morgan fingerprint density at radius 1 is 1.21 bits per heavy atom. The van der Waals surface area contributed by atoms with Crippen LogP contribution in [0.5, 0.6) is 0 Å². The van der Waals surface area contributed by atoms with Crippen molar-refractivity contribution < 1.29 is 14.7 Å². The van der Waals surface area contributed by atoms with Crippen molar-refractivity contribution in [2.75, 3.05) is 13.2 Å². The summed E-state index contributed by atoms with van der Waals surface area (Å²) in [6.45, 7) is 6.60. The van der Waals surface area contributed by atoms with E-state index in [0.717, 1.165) is 25.9 Å². The largest absolute Gasteiger partial charge is 0.481 e. The van der Waals surface area contributed by atoms with Crippen LogP contribution < -0.4 is 0 Å². The predicted octanol–water partition coefficient (Wildman–Crippen LogP) is 5.22. The van der Waals surface area contributed by atoms with Crippen molar-refractivity contribution in [2.24, 2.45) is 0 Å². The Balaban J connectivity index is 1.49. The molecule has 1 heterocycles. The first-order valence-corrected chi connectivity index (χ1v) is 10.5. The lowest BCUT2D eigenvalue weighted by molar-refractivity contribution is -0.158. The molecule has 0 fully saturated rings. The number of carbonyl (C=O) groups is 1.